The largest absolute Gasteiger partial charge is 0.469 e. The summed E-state index contributed by atoms with van der Waals surface area (Å²) in [6.45, 7) is 3.49. The molecule has 130 valence electrons. The molecule has 25 heavy (non-hydrogen) atoms. The fourth-order valence-corrected chi connectivity index (χ4v) is 4.34. The number of ether oxygens (including phenoxy) is 1. The summed E-state index contributed by atoms with van der Waals surface area (Å²) >= 11 is 0. The molecule has 0 amide bonds. The summed E-state index contributed by atoms with van der Waals surface area (Å²) in [5.41, 5.74) is 1.43. The van der Waals surface area contributed by atoms with Gasteiger partial charge in [-0.05, 0) is 37.8 Å². The Morgan fingerprint density at radius 2 is 2.28 bits per heavy atom. The molecule has 2 aliphatic rings. The Kier molecular flexibility index (Phi) is 3.90. The Morgan fingerprint density at radius 3 is 3.04 bits per heavy atom. The summed E-state index contributed by atoms with van der Waals surface area (Å²) in [7, 11) is 1.49. The molecule has 1 saturated heterocycles. The van der Waals surface area contributed by atoms with Gasteiger partial charge in [-0.25, -0.2) is 9.97 Å². The molecule has 1 saturated carbocycles. The molecule has 1 aliphatic carbocycles. The zero-order chi connectivity index (χ0) is 17.4. The summed E-state index contributed by atoms with van der Waals surface area (Å²) < 4.78 is 5.13. The van der Waals surface area contributed by atoms with Crippen LogP contribution >= 0.6 is 0 Å². The normalized spacial score (nSPS) is 25.0. The van der Waals surface area contributed by atoms with E-state index >= 15 is 0 Å². The predicted molar refractivity (Wildman–Crippen MR) is 94.0 cm³/mol. The van der Waals surface area contributed by atoms with Crippen LogP contribution in [0.15, 0.2) is 30.6 Å². The molecule has 1 aliphatic heterocycles. The fraction of sp³-hybridized carbons (Fsp3) is 0.474. The Labute approximate surface area is 147 Å². The standard InChI is InChI=1S/C19H22N4O2/c1-13-9-16(22-17(21-13)14-5-4-8-20-10-14)23-11-15-6-3-7-19(15,12-23)18(24)25-2/h4-5,8-10,15H,3,6-7,11-12H2,1-2H3. The first-order chi connectivity index (χ1) is 12.1. The number of pyridine rings is 1. The highest BCUT2D eigenvalue weighted by Crippen LogP contribution is 2.50. The van der Waals surface area contributed by atoms with Crippen molar-refractivity contribution in [1.82, 2.24) is 15.0 Å². The van der Waals surface area contributed by atoms with Gasteiger partial charge in [0.15, 0.2) is 5.82 Å². The van der Waals surface area contributed by atoms with Gasteiger partial charge in [0.2, 0.25) is 0 Å². The summed E-state index contributed by atoms with van der Waals surface area (Å²) in [5.74, 6) is 1.82. The zero-order valence-electron chi connectivity index (χ0n) is 14.6. The van der Waals surface area contributed by atoms with Crippen LogP contribution in [0.5, 0.6) is 0 Å². The number of hydrogen-bond acceptors (Lipinski definition) is 6. The summed E-state index contributed by atoms with van der Waals surface area (Å²) in [4.78, 5) is 28.1. The predicted octanol–water partition coefficient (Wildman–Crippen LogP) is 2.63. The maximum absolute atomic E-state index is 12.5. The number of nitrogens with zero attached hydrogens (tertiary/aromatic N) is 4. The van der Waals surface area contributed by atoms with E-state index in [0.29, 0.717) is 18.3 Å². The van der Waals surface area contributed by atoms with Crippen molar-refractivity contribution in [2.75, 3.05) is 25.1 Å². The first-order valence-electron chi connectivity index (χ1n) is 8.72. The molecule has 0 spiro atoms. The van der Waals surface area contributed by atoms with E-state index in [1.165, 1.54) is 7.11 Å². The van der Waals surface area contributed by atoms with Crippen molar-refractivity contribution >= 4 is 11.8 Å². The lowest BCUT2D eigenvalue weighted by Crippen LogP contribution is -2.37. The zero-order valence-corrected chi connectivity index (χ0v) is 14.6. The number of anilines is 1. The van der Waals surface area contributed by atoms with E-state index in [0.717, 1.165) is 42.9 Å². The van der Waals surface area contributed by atoms with Crippen LogP contribution in [-0.4, -0.2) is 41.1 Å². The van der Waals surface area contributed by atoms with Gasteiger partial charge < -0.3 is 9.64 Å². The molecule has 2 aromatic rings. The van der Waals surface area contributed by atoms with Gasteiger partial charge in [0.05, 0.1) is 12.5 Å². The Bertz CT molecular complexity index is 795. The first kappa shape index (κ1) is 16.0. The average molecular weight is 338 g/mol. The van der Waals surface area contributed by atoms with Gasteiger partial charge in [0.1, 0.15) is 5.82 Å². The van der Waals surface area contributed by atoms with E-state index in [2.05, 4.69) is 14.9 Å². The van der Waals surface area contributed by atoms with Crippen LogP contribution < -0.4 is 4.90 Å². The molecule has 6 heteroatoms. The number of aromatic nitrogens is 3. The van der Waals surface area contributed by atoms with Crippen molar-refractivity contribution in [1.29, 1.82) is 0 Å². The third kappa shape index (κ3) is 2.65. The maximum Gasteiger partial charge on any atom is 0.313 e. The van der Waals surface area contributed by atoms with Gasteiger partial charge >= 0.3 is 5.97 Å². The number of aryl methyl sites for hydroxylation is 1. The maximum atomic E-state index is 12.5. The van der Waals surface area contributed by atoms with Gasteiger partial charge in [-0.3, -0.25) is 9.78 Å². The number of rotatable bonds is 3. The molecule has 2 fully saturated rings. The van der Waals surface area contributed by atoms with Crippen LogP contribution in [0.4, 0.5) is 5.82 Å². The Morgan fingerprint density at radius 1 is 1.40 bits per heavy atom. The van der Waals surface area contributed by atoms with Crippen molar-refractivity contribution in [3.05, 3.63) is 36.3 Å². The minimum absolute atomic E-state index is 0.0734. The number of carbonyl (C=O) groups excluding carboxylic acids is 1. The average Bonchev–Trinajstić information content (AvgIpc) is 3.19. The fourth-order valence-electron chi connectivity index (χ4n) is 4.34. The topological polar surface area (TPSA) is 68.2 Å². The van der Waals surface area contributed by atoms with Crippen LogP contribution in [0.25, 0.3) is 11.4 Å². The first-order valence-corrected chi connectivity index (χ1v) is 8.72. The van der Waals surface area contributed by atoms with E-state index in [1.807, 2.05) is 25.1 Å². The number of methoxy groups -OCH3 is 1. The lowest BCUT2D eigenvalue weighted by molar-refractivity contribution is -0.152. The smallest absolute Gasteiger partial charge is 0.313 e. The Balaban J connectivity index is 1.67. The lowest BCUT2D eigenvalue weighted by atomic mass is 9.81. The van der Waals surface area contributed by atoms with Gasteiger partial charge in [0.25, 0.3) is 0 Å². The van der Waals surface area contributed by atoms with Crippen LogP contribution in [0.2, 0.25) is 0 Å². The molecule has 3 heterocycles. The van der Waals surface area contributed by atoms with Gasteiger partial charge in [-0.15, -0.1) is 0 Å². The SMILES string of the molecule is COC(=O)C12CCCC1CN(c1cc(C)nc(-c3cccnc3)n1)C2. The van der Waals surface area contributed by atoms with Gasteiger partial charge in [-0.1, -0.05) is 6.42 Å². The van der Waals surface area contributed by atoms with Crippen LogP contribution in [0.3, 0.4) is 0 Å². The molecule has 2 unspecified atom stereocenters. The number of fused-ring (bicyclic) bond motifs is 1. The van der Waals surface area contributed by atoms with E-state index in [1.54, 1.807) is 12.4 Å². The summed E-state index contributed by atoms with van der Waals surface area (Å²) in [6.07, 6.45) is 6.58. The molecular formula is C19H22N4O2. The van der Waals surface area contributed by atoms with E-state index < -0.39 is 0 Å². The van der Waals surface area contributed by atoms with E-state index in [-0.39, 0.29) is 11.4 Å². The van der Waals surface area contributed by atoms with Crippen molar-refractivity contribution in [3.8, 4) is 11.4 Å². The minimum Gasteiger partial charge on any atom is -0.469 e. The summed E-state index contributed by atoms with van der Waals surface area (Å²) in [6, 6.07) is 5.83. The van der Waals surface area contributed by atoms with Crippen molar-refractivity contribution in [2.24, 2.45) is 11.3 Å². The van der Waals surface area contributed by atoms with Crippen molar-refractivity contribution in [3.63, 3.8) is 0 Å². The molecule has 4 rings (SSSR count). The molecular weight excluding hydrogens is 316 g/mol. The van der Waals surface area contributed by atoms with Gasteiger partial charge in [-0.2, -0.15) is 0 Å². The Hall–Kier alpha value is -2.50. The second-order valence-electron chi connectivity index (χ2n) is 7.05. The second kappa shape index (κ2) is 6.10. The van der Waals surface area contributed by atoms with Crippen LogP contribution in [-0.2, 0) is 9.53 Å². The number of hydrogen-bond donors (Lipinski definition) is 0. The highest BCUT2D eigenvalue weighted by molar-refractivity contribution is 5.79. The lowest BCUT2D eigenvalue weighted by Gasteiger charge is -2.25. The van der Waals surface area contributed by atoms with E-state index in [9.17, 15) is 4.79 Å². The molecule has 0 aromatic carbocycles. The van der Waals surface area contributed by atoms with Crippen LogP contribution in [0, 0.1) is 18.3 Å². The molecule has 2 atom stereocenters. The van der Waals surface area contributed by atoms with Crippen molar-refractivity contribution in [2.45, 2.75) is 26.2 Å². The molecule has 2 aromatic heterocycles. The second-order valence-corrected chi connectivity index (χ2v) is 7.05. The molecule has 0 N–H and O–H groups in total. The third-order valence-corrected chi connectivity index (χ3v) is 5.55. The number of carbonyl (C=O) groups is 1. The van der Waals surface area contributed by atoms with Crippen LogP contribution in [0.1, 0.15) is 25.0 Å². The minimum atomic E-state index is -0.373. The quantitative estimate of drug-likeness (QED) is 0.802. The molecule has 0 radical (unpaired) electrons. The van der Waals surface area contributed by atoms with Gasteiger partial charge in [0, 0.05) is 42.8 Å². The molecule has 0 bridgehead atoms. The molecule has 6 nitrogen and oxygen atoms in total. The highest BCUT2D eigenvalue weighted by Gasteiger charge is 2.55. The van der Waals surface area contributed by atoms with E-state index in [4.69, 9.17) is 9.72 Å². The monoisotopic (exact) mass is 338 g/mol. The number of esters is 1. The highest BCUT2D eigenvalue weighted by atomic mass is 16.5. The summed E-state index contributed by atoms with van der Waals surface area (Å²) in [5, 5.41) is 0. The third-order valence-electron chi connectivity index (χ3n) is 5.55. The van der Waals surface area contributed by atoms with Crippen molar-refractivity contribution < 1.29 is 9.53 Å².